The molecule has 20 heavy (non-hydrogen) atoms. The molecular formula is C16H18BrClN2. The molecule has 0 saturated carbocycles. The molecule has 4 heteroatoms. The van der Waals surface area contributed by atoms with Crippen LogP contribution in [0.3, 0.4) is 0 Å². The first kappa shape index (κ1) is 15.5. The summed E-state index contributed by atoms with van der Waals surface area (Å²) in [6, 6.07) is 10.2. The number of hydrogen-bond donors (Lipinski definition) is 2. The Morgan fingerprint density at radius 3 is 2.10 bits per heavy atom. The van der Waals surface area contributed by atoms with Crippen molar-refractivity contribution in [2.24, 2.45) is 5.84 Å². The summed E-state index contributed by atoms with van der Waals surface area (Å²) in [5, 5.41) is 0.758. The van der Waals surface area contributed by atoms with Crippen molar-refractivity contribution in [2.45, 2.75) is 26.8 Å². The number of nitrogens with two attached hydrogens (primary N) is 1. The van der Waals surface area contributed by atoms with E-state index in [0.717, 1.165) is 26.2 Å². The molecule has 0 spiro atoms. The quantitative estimate of drug-likeness (QED) is 0.626. The SMILES string of the molecule is Cc1ccc(C(NN)c2cc(C)c(Br)c(C)c2)cc1Cl. The van der Waals surface area contributed by atoms with Gasteiger partial charge in [-0.1, -0.05) is 51.8 Å². The summed E-state index contributed by atoms with van der Waals surface area (Å²) >= 11 is 9.80. The van der Waals surface area contributed by atoms with Crippen LogP contribution in [0.15, 0.2) is 34.8 Å². The summed E-state index contributed by atoms with van der Waals surface area (Å²) in [7, 11) is 0. The second-order valence-electron chi connectivity index (χ2n) is 5.08. The van der Waals surface area contributed by atoms with Crippen LogP contribution in [0.1, 0.15) is 33.9 Å². The van der Waals surface area contributed by atoms with Gasteiger partial charge in [0.2, 0.25) is 0 Å². The Balaban J connectivity index is 2.49. The normalized spacial score (nSPS) is 12.5. The Labute approximate surface area is 133 Å². The molecule has 2 nitrogen and oxygen atoms in total. The summed E-state index contributed by atoms with van der Waals surface area (Å²) < 4.78 is 1.14. The zero-order valence-electron chi connectivity index (χ0n) is 11.8. The molecule has 1 atom stereocenters. The highest BCUT2D eigenvalue weighted by Gasteiger charge is 2.15. The van der Waals surface area contributed by atoms with Crippen molar-refractivity contribution in [3.8, 4) is 0 Å². The van der Waals surface area contributed by atoms with Gasteiger partial charge in [0.05, 0.1) is 6.04 Å². The van der Waals surface area contributed by atoms with Gasteiger partial charge in [0.25, 0.3) is 0 Å². The van der Waals surface area contributed by atoms with Gasteiger partial charge in [-0.15, -0.1) is 0 Å². The average molecular weight is 354 g/mol. The Morgan fingerprint density at radius 2 is 1.60 bits per heavy atom. The summed E-state index contributed by atoms with van der Waals surface area (Å²) in [6.07, 6.45) is 0. The molecular weight excluding hydrogens is 336 g/mol. The molecule has 106 valence electrons. The molecule has 0 radical (unpaired) electrons. The Kier molecular flexibility index (Phi) is 4.86. The third-order valence-corrected chi connectivity index (χ3v) is 5.15. The van der Waals surface area contributed by atoms with Gasteiger partial charge in [0.15, 0.2) is 0 Å². The monoisotopic (exact) mass is 352 g/mol. The fraction of sp³-hybridized carbons (Fsp3) is 0.250. The molecule has 0 saturated heterocycles. The van der Waals surface area contributed by atoms with Crippen LogP contribution in [-0.4, -0.2) is 0 Å². The molecule has 2 aromatic carbocycles. The van der Waals surface area contributed by atoms with Crippen LogP contribution >= 0.6 is 27.5 Å². The van der Waals surface area contributed by atoms with Gasteiger partial charge in [-0.05, 0) is 54.7 Å². The van der Waals surface area contributed by atoms with Crippen molar-refractivity contribution in [3.05, 3.63) is 67.6 Å². The molecule has 3 N–H and O–H groups in total. The van der Waals surface area contributed by atoms with Crippen LogP contribution in [0.4, 0.5) is 0 Å². The van der Waals surface area contributed by atoms with Crippen LogP contribution in [0.25, 0.3) is 0 Å². The lowest BCUT2D eigenvalue weighted by atomic mass is 9.95. The summed E-state index contributed by atoms with van der Waals surface area (Å²) in [5.74, 6) is 5.76. The summed E-state index contributed by atoms with van der Waals surface area (Å²) in [4.78, 5) is 0. The Hall–Kier alpha value is -0.870. The minimum atomic E-state index is -0.0707. The van der Waals surface area contributed by atoms with Gasteiger partial charge in [-0.25, -0.2) is 5.43 Å². The zero-order valence-corrected chi connectivity index (χ0v) is 14.1. The number of aryl methyl sites for hydroxylation is 3. The molecule has 0 fully saturated rings. The van der Waals surface area contributed by atoms with Crippen molar-refractivity contribution in [1.29, 1.82) is 0 Å². The lowest BCUT2D eigenvalue weighted by Gasteiger charge is -2.19. The second-order valence-corrected chi connectivity index (χ2v) is 6.28. The van der Waals surface area contributed by atoms with E-state index in [1.165, 1.54) is 11.1 Å². The van der Waals surface area contributed by atoms with E-state index in [0.29, 0.717) is 0 Å². The van der Waals surface area contributed by atoms with Crippen molar-refractivity contribution in [2.75, 3.05) is 0 Å². The van der Waals surface area contributed by atoms with Gasteiger partial charge < -0.3 is 0 Å². The largest absolute Gasteiger partial charge is 0.271 e. The number of halogens is 2. The minimum Gasteiger partial charge on any atom is -0.271 e. The molecule has 0 heterocycles. The predicted octanol–water partition coefficient (Wildman–Crippen LogP) is 4.58. The highest BCUT2D eigenvalue weighted by atomic mass is 79.9. The number of rotatable bonds is 3. The van der Waals surface area contributed by atoms with Crippen molar-refractivity contribution in [1.82, 2.24) is 5.43 Å². The van der Waals surface area contributed by atoms with Crippen LogP contribution in [0, 0.1) is 20.8 Å². The van der Waals surface area contributed by atoms with Crippen LogP contribution in [0.2, 0.25) is 5.02 Å². The molecule has 0 aliphatic carbocycles. The molecule has 1 unspecified atom stereocenters. The first-order valence-electron chi connectivity index (χ1n) is 6.43. The maximum atomic E-state index is 6.21. The fourth-order valence-corrected chi connectivity index (χ4v) is 2.74. The summed E-state index contributed by atoms with van der Waals surface area (Å²) in [6.45, 7) is 6.15. The Bertz CT molecular complexity index is 617. The van der Waals surface area contributed by atoms with E-state index < -0.39 is 0 Å². The highest BCUT2D eigenvalue weighted by Crippen LogP contribution is 2.30. The number of nitrogens with one attached hydrogen (secondary N) is 1. The standard InChI is InChI=1S/C16H18BrClN2/c1-9-4-5-12(8-14(9)18)16(20-19)13-6-10(2)15(17)11(3)7-13/h4-8,16,20H,19H2,1-3H3. The maximum absolute atomic E-state index is 6.21. The molecule has 0 aromatic heterocycles. The van der Waals surface area contributed by atoms with Gasteiger partial charge in [0, 0.05) is 9.50 Å². The fourth-order valence-electron chi connectivity index (χ4n) is 2.32. The molecule has 0 aliphatic rings. The van der Waals surface area contributed by atoms with Crippen LogP contribution < -0.4 is 11.3 Å². The smallest absolute Gasteiger partial charge is 0.0710 e. The van der Waals surface area contributed by atoms with Crippen LogP contribution in [-0.2, 0) is 0 Å². The molecule has 2 rings (SSSR count). The Morgan fingerprint density at radius 1 is 1.00 bits per heavy atom. The van der Waals surface area contributed by atoms with Crippen molar-refractivity contribution >= 4 is 27.5 Å². The minimum absolute atomic E-state index is 0.0707. The third kappa shape index (κ3) is 3.07. The third-order valence-electron chi connectivity index (χ3n) is 3.49. The maximum Gasteiger partial charge on any atom is 0.0710 e. The molecule has 2 aromatic rings. The molecule has 0 bridgehead atoms. The zero-order chi connectivity index (χ0) is 14.9. The highest BCUT2D eigenvalue weighted by molar-refractivity contribution is 9.10. The van der Waals surface area contributed by atoms with E-state index in [4.69, 9.17) is 17.4 Å². The summed E-state index contributed by atoms with van der Waals surface area (Å²) in [5.41, 5.74) is 8.52. The van der Waals surface area contributed by atoms with Gasteiger partial charge >= 0.3 is 0 Å². The van der Waals surface area contributed by atoms with E-state index >= 15 is 0 Å². The molecule has 0 amide bonds. The van der Waals surface area contributed by atoms with Gasteiger partial charge in [-0.2, -0.15) is 0 Å². The van der Waals surface area contributed by atoms with E-state index in [1.54, 1.807) is 0 Å². The first-order chi connectivity index (χ1) is 9.43. The van der Waals surface area contributed by atoms with E-state index in [-0.39, 0.29) is 6.04 Å². The second kappa shape index (κ2) is 6.27. The van der Waals surface area contributed by atoms with E-state index in [1.807, 2.05) is 19.1 Å². The lowest BCUT2D eigenvalue weighted by Crippen LogP contribution is -2.29. The average Bonchev–Trinajstić information content (AvgIpc) is 2.41. The lowest BCUT2D eigenvalue weighted by molar-refractivity contribution is 0.636. The van der Waals surface area contributed by atoms with Crippen molar-refractivity contribution in [3.63, 3.8) is 0 Å². The number of benzene rings is 2. The number of hydrazine groups is 1. The van der Waals surface area contributed by atoms with Gasteiger partial charge in [-0.3, -0.25) is 5.84 Å². The van der Waals surface area contributed by atoms with Gasteiger partial charge in [0.1, 0.15) is 0 Å². The predicted molar refractivity (Wildman–Crippen MR) is 89.0 cm³/mol. The number of hydrogen-bond acceptors (Lipinski definition) is 2. The van der Waals surface area contributed by atoms with E-state index in [2.05, 4.69) is 53.4 Å². The van der Waals surface area contributed by atoms with Crippen molar-refractivity contribution < 1.29 is 0 Å². The topological polar surface area (TPSA) is 38.0 Å². The van der Waals surface area contributed by atoms with E-state index in [9.17, 15) is 0 Å². The first-order valence-corrected chi connectivity index (χ1v) is 7.60. The van der Waals surface area contributed by atoms with Crippen LogP contribution in [0.5, 0.6) is 0 Å². The molecule has 0 aliphatic heterocycles.